The number of hydrogen-bond donors (Lipinski definition) is 1. The summed E-state index contributed by atoms with van der Waals surface area (Å²) < 4.78 is 28.7. The first-order chi connectivity index (χ1) is 11.5. The predicted molar refractivity (Wildman–Crippen MR) is 98.2 cm³/mol. The molecule has 3 rings (SSSR count). The third-order valence-electron chi connectivity index (χ3n) is 4.26. The third-order valence-corrected chi connectivity index (χ3v) is 7.09. The fraction of sp³-hybridized carbons (Fsp3) is 0.438. The van der Waals surface area contributed by atoms with Gasteiger partial charge in [-0.05, 0) is 17.1 Å². The van der Waals surface area contributed by atoms with Crippen molar-refractivity contribution in [2.24, 2.45) is 0 Å². The van der Waals surface area contributed by atoms with E-state index in [1.807, 2.05) is 18.2 Å². The molecule has 1 aromatic heterocycles. The van der Waals surface area contributed by atoms with Gasteiger partial charge < -0.3 is 10.6 Å². The van der Waals surface area contributed by atoms with E-state index in [4.69, 9.17) is 5.73 Å². The first-order valence-corrected chi connectivity index (χ1v) is 10.4. The van der Waals surface area contributed by atoms with Crippen LogP contribution < -0.4 is 10.6 Å². The van der Waals surface area contributed by atoms with Crippen LogP contribution in [0.15, 0.2) is 35.2 Å². The molecule has 2 N–H and O–H groups in total. The summed E-state index contributed by atoms with van der Waals surface area (Å²) in [6, 6.07) is 10.4. The molecular formula is C16H22N4O2S2. The molecule has 0 spiro atoms. The summed E-state index contributed by atoms with van der Waals surface area (Å²) >= 11 is 1.18. The summed E-state index contributed by atoms with van der Waals surface area (Å²) in [6.45, 7) is 5.88. The van der Waals surface area contributed by atoms with Gasteiger partial charge in [-0.15, -0.1) is 0 Å². The summed E-state index contributed by atoms with van der Waals surface area (Å²) in [5.74, 6) is 0.167. The number of nitrogens with two attached hydrogens (primary N) is 1. The Balaban J connectivity index is 1.70. The van der Waals surface area contributed by atoms with Crippen molar-refractivity contribution in [3.05, 3.63) is 35.9 Å². The molecule has 2 aromatic rings. The maximum Gasteiger partial charge on any atom is 0.184 e. The average molecular weight is 367 g/mol. The molecule has 130 valence electrons. The van der Waals surface area contributed by atoms with Crippen LogP contribution in [0.3, 0.4) is 0 Å². The van der Waals surface area contributed by atoms with Crippen LogP contribution in [0.1, 0.15) is 12.5 Å². The topological polar surface area (TPSA) is 79.5 Å². The van der Waals surface area contributed by atoms with Crippen LogP contribution in [0, 0.1) is 0 Å². The van der Waals surface area contributed by atoms with Gasteiger partial charge in [0.2, 0.25) is 0 Å². The molecule has 24 heavy (non-hydrogen) atoms. The summed E-state index contributed by atoms with van der Waals surface area (Å²) in [6.07, 6.45) is 0. The van der Waals surface area contributed by atoms with Crippen molar-refractivity contribution < 1.29 is 8.42 Å². The van der Waals surface area contributed by atoms with Crippen LogP contribution in [0.25, 0.3) is 0 Å². The van der Waals surface area contributed by atoms with Crippen molar-refractivity contribution in [1.82, 2.24) is 9.27 Å². The van der Waals surface area contributed by atoms with Gasteiger partial charge in [0.15, 0.2) is 15.7 Å². The SMILES string of the molecule is CCS(=O)(=O)c1c(N)nsc1N1CCN(Cc2ccccc2)CC1. The van der Waals surface area contributed by atoms with Gasteiger partial charge in [0.25, 0.3) is 0 Å². The Hall–Kier alpha value is -1.64. The quantitative estimate of drug-likeness (QED) is 0.870. The Bertz CT molecular complexity index is 782. The van der Waals surface area contributed by atoms with Crippen molar-refractivity contribution in [2.75, 3.05) is 42.6 Å². The number of hydrogen-bond acceptors (Lipinski definition) is 7. The van der Waals surface area contributed by atoms with Crippen molar-refractivity contribution >= 4 is 32.2 Å². The lowest BCUT2D eigenvalue weighted by molar-refractivity contribution is 0.250. The Labute approximate surface area is 147 Å². The van der Waals surface area contributed by atoms with Gasteiger partial charge >= 0.3 is 0 Å². The summed E-state index contributed by atoms with van der Waals surface area (Å²) in [7, 11) is -3.36. The Morgan fingerprint density at radius 3 is 2.46 bits per heavy atom. The number of nitrogens with zero attached hydrogens (tertiary/aromatic N) is 3. The van der Waals surface area contributed by atoms with Gasteiger partial charge in [-0.3, -0.25) is 4.90 Å². The summed E-state index contributed by atoms with van der Waals surface area (Å²) in [5, 5.41) is 0.689. The molecule has 0 saturated carbocycles. The molecule has 1 aliphatic rings. The molecule has 8 heteroatoms. The fourth-order valence-electron chi connectivity index (χ4n) is 2.87. The van der Waals surface area contributed by atoms with Crippen LogP contribution >= 0.6 is 11.5 Å². The molecule has 0 amide bonds. The van der Waals surface area contributed by atoms with Crippen molar-refractivity contribution in [3.63, 3.8) is 0 Å². The van der Waals surface area contributed by atoms with E-state index in [1.165, 1.54) is 17.1 Å². The standard InChI is InChI=1S/C16H22N4O2S2/c1-2-24(21,22)14-15(17)18-23-16(14)20-10-8-19(9-11-20)12-13-6-4-3-5-7-13/h3-7H,2,8-12H2,1H3,(H2,17,18). The van der Waals surface area contributed by atoms with Crippen LogP contribution in [-0.4, -0.2) is 49.6 Å². The molecule has 2 heterocycles. The third kappa shape index (κ3) is 3.55. The van der Waals surface area contributed by atoms with E-state index in [0.29, 0.717) is 5.00 Å². The summed E-state index contributed by atoms with van der Waals surface area (Å²) in [4.78, 5) is 4.69. The van der Waals surface area contributed by atoms with Gasteiger partial charge in [0.05, 0.1) is 5.75 Å². The molecular weight excluding hydrogens is 344 g/mol. The number of aromatic nitrogens is 1. The van der Waals surface area contributed by atoms with Crippen LogP contribution in [0.5, 0.6) is 0 Å². The monoisotopic (exact) mass is 366 g/mol. The second-order valence-corrected chi connectivity index (χ2v) is 8.82. The molecule has 0 aliphatic carbocycles. The largest absolute Gasteiger partial charge is 0.382 e. The molecule has 6 nitrogen and oxygen atoms in total. The van der Waals surface area contributed by atoms with Gasteiger partial charge in [0.1, 0.15) is 9.90 Å². The van der Waals surface area contributed by atoms with Crippen LogP contribution in [-0.2, 0) is 16.4 Å². The predicted octanol–water partition coefficient (Wildman–Crippen LogP) is 1.84. The minimum atomic E-state index is -3.36. The van der Waals surface area contributed by atoms with Gasteiger partial charge in [-0.2, -0.15) is 4.37 Å². The molecule has 1 fully saturated rings. The number of sulfone groups is 1. The minimum Gasteiger partial charge on any atom is -0.382 e. The van der Waals surface area contributed by atoms with Crippen molar-refractivity contribution in [2.45, 2.75) is 18.4 Å². The van der Waals surface area contributed by atoms with Crippen molar-refractivity contribution in [3.8, 4) is 0 Å². The van der Waals surface area contributed by atoms with E-state index in [9.17, 15) is 8.42 Å². The molecule has 0 bridgehead atoms. The lowest BCUT2D eigenvalue weighted by Gasteiger charge is -2.35. The number of piperazine rings is 1. The smallest absolute Gasteiger partial charge is 0.184 e. The number of anilines is 2. The van der Waals surface area contributed by atoms with E-state index in [1.54, 1.807) is 6.92 Å². The fourth-order valence-corrected chi connectivity index (χ4v) is 5.23. The minimum absolute atomic E-state index is 0.0383. The molecule has 0 atom stereocenters. The highest BCUT2D eigenvalue weighted by Crippen LogP contribution is 2.35. The highest BCUT2D eigenvalue weighted by atomic mass is 32.2. The van der Waals surface area contributed by atoms with E-state index in [0.717, 1.165) is 32.7 Å². The molecule has 0 unspecified atom stereocenters. The maximum absolute atomic E-state index is 12.3. The van der Waals surface area contributed by atoms with E-state index >= 15 is 0 Å². The van der Waals surface area contributed by atoms with Crippen molar-refractivity contribution in [1.29, 1.82) is 0 Å². The maximum atomic E-state index is 12.3. The molecule has 1 aliphatic heterocycles. The highest BCUT2D eigenvalue weighted by molar-refractivity contribution is 7.91. The second kappa shape index (κ2) is 7.08. The normalized spacial score (nSPS) is 16.5. The van der Waals surface area contributed by atoms with E-state index in [-0.39, 0.29) is 16.5 Å². The van der Waals surface area contributed by atoms with Crippen LogP contribution in [0.4, 0.5) is 10.8 Å². The highest BCUT2D eigenvalue weighted by Gasteiger charge is 2.29. The lowest BCUT2D eigenvalue weighted by atomic mass is 10.2. The Kier molecular flexibility index (Phi) is 5.07. The van der Waals surface area contributed by atoms with Gasteiger partial charge in [-0.1, -0.05) is 37.3 Å². The van der Waals surface area contributed by atoms with Gasteiger partial charge in [0, 0.05) is 32.7 Å². The average Bonchev–Trinajstić information content (AvgIpc) is 2.99. The Morgan fingerprint density at radius 1 is 1.17 bits per heavy atom. The van der Waals surface area contributed by atoms with Crippen LogP contribution in [0.2, 0.25) is 0 Å². The first-order valence-electron chi connectivity index (χ1n) is 8.00. The number of rotatable bonds is 5. The Morgan fingerprint density at radius 2 is 1.83 bits per heavy atom. The zero-order chi connectivity index (χ0) is 17.2. The zero-order valence-electron chi connectivity index (χ0n) is 13.7. The van der Waals surface area contributed by atoms with Gasteiger partial charge in [-0.25, -0.2) is 8.42 Å². The lowest BCUT2D eigenvalue weighted by Crippen LogP contribution is -2.46. The summed E-state index contributed by atoms with van der Waals surface area (Å²) in [5.41, 5.74) is 7.12. The first kappa shape index (κ1) is 17.2. The van der Waals surface area contributed by atoms with E-state index in [2.05, 4.69) is 26.3 Å². The molecule has 1 aromatic carbocycles. The second-order valence-electron chi connectivity index (χ2n) is 5.85. The zero-order valence-corrected chi connectivity index (χ0v) is 15.3. The molecule has 0 radical (unpaired) electrons. The van der Waals surface area contributed by atoms with E-state index < -0.39 is 9.84 Å². The number of nitrogen functional groups attached to an aromatic ring is 1. The number of benzene rings is 1. The molecule has 1 saturated heterocycles.